The first-order valence-corrected chi connectivity index (χ1v) is 10.8. The molecule has 5 rings (SSSR count). The van der Waals surface area contributed by atoms with Gasteiger partial charge >= 0.3 is 0 Å². The predicted molar refractivity (Wildman–Crippen MR) is 129 cm³/mol. The topological polar surface area (TPSA) is 111 Å². The van der Waals surface area contributed by atoms with Crippen molar-refractivity contribution in [1.29, 1.82) is 0 Å². The van der Waals surface area contributed by atoms with Gasteiger partial charge in [0, 0.05) is 30.0 Å². The summed E-state index contributed by atoms with van der Waals surface area (Å²) in [6, 6.07) is 16.6. The molecule has 2 aliphatic rings. The third-order valence-corrected chi connectivity index (χ3v) is 5.62. The largest absolute Gasteiger partial charge is 0.324 e. The van der Waals surface area contributed by atoms with Crippen molar-refractivity contribution in [3.05, 3.63) is 78.9 Å². The summed E-state index contributed by atoms with van der Waals surface area (Å²) in [4.78, 5) is 24.4. The van der Waals surface area contributed by atoms with Gasteiger partial charge in [0.2, 0.25) is 11.8 Å². The molecule has 0 aliphatic carbocycles. The van der Waals surface area contributed by atoms with Crippen molar-refractivity contribution in [1.82, 2.24) is 20.8 Å². The molecule has 0 unspecified atom stereocenters. The van der Waals surface area contributed by atoms with Crippen LogP contribution in [0.1, 0.15) is 0 Å². The lowest BCUT2D eigenvalue weighted by molar-refractivity contribution is -0.117. The third kappa shape index (κ3) is 4.77. The highest BCUT2D eigenvalue weighted by Crippen LogP contribution is 2.26. The van der Waals surface area contributed by atoms with E-state index in [0.717, 1.165) is 33.9 Å². The summed E-state index contributed by atoms with van der Waals surface area (Å²) in [5.41, 5.74) is 5.07. The van der Waals surface area contributed by atoms with Gasteiger partial charge in [0.05, 0.1) is 11.4 Å². The second-order valence-electron chi connectivity index (χ2n) is 7.93. The Balaban J connectivity index is 1.22. The van der Waals surface area contributed by atoms with Crippen LogP contribution in [0.3, 0.4) is 0 Å². The normalized spacial score (nSPS) is 19.0. The Morgan fingerprint density at radius 1 is 0.758 bits per heavy atom. The summed E-state index contributed by atoms with van der Waals surface area (Å²) >= 11 is 0. The molecule has 8 nitrogen and oxygen atoms in total. The molecule has 3 heterocycles. The van der Waals surface area contributed by atoms with Crippen molar-refractivity contribution in [2.24, 2.45) is 0 Å². The molecule has 1 aromatic heterocycles. The molecule has 0 bridgehead atoms. The smallest absolute Gasteiger partial charge is 0.245 e. The summed E-state index contributed by atoms with van der Waals surface area (Å²) in [5, 5.41) is 19.5. The minimum Gasteiger partial charge on any atom is -0.324 e. The van der Waals surface area contributed by atoms with E-state index in [0.29, 0.717) is 13.1 Å². The van der Waals surface area contributed by atoms with E-state index in [1.165, 1.54) is 0 Å². The van der Waals surface area contributed by atoms with E-state index in [9.17, 15) is 9.59 Å². The number of aromatic nitrogens is 2. The molecule has 0 fully saturated rings. The molecule has 0 spiro atoms. The van der Waals surface area contributed by atoms with Gasteiger partial charge in [-0.3, -0.25) is 25.3 Å². The zero-order valence-corrected chi connectivity index (χ0v) is 17.8. The SMILES string of the molecule is O=C(Nc1ccc(-c2cc(-c3ccc(NC(=O)[C@@H]4C=CCN4)cc3)[nH]n2)cc1)[C@@H]1C=CCN1. The van der Waals surface area contributed by atoms with Crippen molar-refractivity contribution in [2.75, 3.05) is 23.7 Å². The molecule has 2 amide bonds. The maximum atomic E-state index is 12.2. The van der Waals surface area contributed by atoms with Gasteiger partial charge in [0.25, 0.3) is 0 Å². The average Bonchev–Trinajstić information content (AvgIpc) is 3.63. The maximum Gasteiger partial charge on any atom is 0.245 e. The molecule has 2 aliphatic heterocycles. The summed E-state index contributed by atoms with van der Waals surface area (Å²) in [6.07, 6.45) is 7.61. The molecule has 0 radical (unpaired) electrons. The van der Waals surface area contributed by atoms with Crippen molar-refractivity contribution >= 4 is 23.2 Å². The second kappa shape index (κ2) is 9.23. The fourth-order valence-corrected chi connectivity index (χ4v) is 3.81. The Hall–Kier alpha value is -4.01. The monoisotopic (exact) mass is 440 g/mol. The highest BCUT2D eigenvalue weighted by molar-refractivity contribution is 5.97. The minimum atomic E-state index is -0.283. The van der Waals surface area contributed by atoms with Gasteiger partial charge in [-0.1, -0.05) is 48.6 Å². The Kier molecular flexibility index (Phi) is 5.84. The molecule has 33 heavy (non-hydrogen) atoms. The van der Waals surface area contributed by atoms with E-state index in [4.69, 9.17) is 0 Å². The van der Waals surface area contributed by atoms with Crippen LogP contribution >= 0.6 is 0 Å². The first-order valence-electron chi connectivity index (χ1n) is 10.8. The zero-order valence-electron chi connectivity index (χ0n) is 17.8. The number of carbonyl (C=O) groups is 2. The van der Waals surface area contributed by atoms with Crippen LogP contribution in [0.15, 0.2) is 78.9 Å². The fraction of sp³-hybridized carbons (Fsp3) is 0.160. The first-order chi connectivity index (χ1) is 16.2. The number of nitrogens with zero attached hydrogens (tertiary/aromatic N) is 1. The van der Waals surface area contributed by atoms with Crippen molar-refractivity contribution < 1.29 is 9.59 Å². The van der Waals surface area contributed by atoms with Crippen LogP contribution in [0.25, 0.3) is 22.5 Å². The number of rotatable bonds is 6. The number of anilines is 2. The molecule has 5 N–H and O–H groups in total. The molecular formula is C25H24N6O2. The Morgan fingerprint density at radius 2 is 1.27 bits per heavy atom. The summed E-state index contributed by atoms with van der Waals surface area (Å²) in [7, 11) is 0. The van der Waals surface area contributed by atoms with E-state index in [-0.39, 0.29) is 23.9 Å². The number of H-pyrrole nitrogens is 1. The van der Waals surface area contributed by atoms with Crippen LogP contribution in [0.5, 0.6) is 0 Å². The van der Waals surface area contributed by atoms with Gasteiger partial charge in [-0.05, 0) is 35.9 Å². The number of carbonyl (C=O) groups excluding carboxylic acids is 2. The Bertz CT molecular complexity index is 1120. The van der Waals surface area contributed by atoms with Gasteiger partial charge in [-0.2, -0.15) is 5.10 Å². The van der Waals surface area contributed by atoms with Gasteiger partial charge in [0.15, 0.2) is 0 Å². The Morgan fingerprint density at radius 3 is 1.76 bits per heavy atom. The zero-order chi connectivity index (χ0) is 22.6. The number of hydrogen-bond donors (Lipinski definition) is 5. The van der Waals surface area contributed by atoms with Gasteiger partial charge in [0.1, 0.15) is 12.1 Å². The van der Waals surface area contributed by atoms with E-state index >= 15 is 0 Å². The van der Waals surface area contributed by atoms with Crippen LogP contribution in [-0.2, 0) is 9.59 Å². The van der Waals surface area contributed by atoms with Crippen molar-refractivity contribution in [3.63, 3.8) is 0 Å². The van der Waals surface area contributed by atoms with Crippen molar-refractivity contribution in [2.45, 2.75) is 12.1 Å². The number of amides is 2. The second-order valence-corrected chi connectivity index (χ2v) is 7.93. The summed E-state index contributed by atoms with van der Waals surface area (Å²) in [5.74, 6) is -0.148. The lowest BCUT2D eigenvalue weighted by Crippen LogP contribution is -2.35. The van der Waals surface area contributed by atoms with E-state index < -0.39 is 0 Å². The molecule has 0 saturated carbocycles. The molecule has 3 aromatic rings. The molecule has 2 atom stereocenters. The minimum absolute atomic E-state index is 0.0732. The van der Waals surface area contributed by atoms with E-state index in [1.54, 1.807) is 0 Å². The average molecular weight is 441 g/mol. The van der Waals surface area contributed by atoms with Crippen LogP contribution in [0.2, 0.25) is 0 Å². The fourth-order valence-electron chi connectivity index (χ4n) is 3.81. The number of nitrogens with one attached hydrogen (secondary N) is 5. The van der Waals surface area contributed by atoms with Gasteiger partial charge < -0.3 is 10.6 Å². The van der Waals surface area contributed by atoms with Gasteiger partial charge in [-0.15, -0.1) is 0 Å². The summed E-state index contributed by atoms with van der Waals surface area (Å²) in [6.45, 7) is 1.43. The maximum absolute atomic E-state index is 12.2. The van der Waals surface area contributed by atoms with Crippen molar-refractivity contribution in [3.8, 4) is 22.5 Å². The molecule has 166 valence electrons. The number of aromatic amines is 1. The molecule has 8 heteroatoms. The van der Waals surface area contributed by atoms with Crippen LogP contribution in [0.4, 0.5) is 11.4 Å². The highest BCUT2D eigenvalue weighted by atomic mass is 16.2. The summed E-state index contributed by atoms with van der Waals surface area (Å²) < 4.78 is 0. The molecular weight excluding hydrogens is 416 g/mol. The lowest BCUT2D eigenvalue weighted by Gasteiger charge is -2.10. The van der Waals surface area contributed by atoms with E-state index in [1.807, 2.05) is 78.9 Å². The number of hydrogen-bond acceptors (Lipinski definition) is 5. The van der Waals surface area contributed by atoms with E-state index in [2.05, 4.69) is 31.5 Å². The Labute approximate surface area is 191 Å². The quantitative estimate of drug-likeness (QED) is 0.379. The van der Waals surface area contributed by atoms with Crippen LogP contribution < -0.4 is 21.3 Å². The lowest BCUT2D eigenvalue weighted by atomic mass is 10.1. The molecule has 0 saturated heterocycles. The predicted octanol–water partition coefficient (Wildman–Crippen LogP) is 2.68. The van der Waals surface area contributed by atoms with Crippen LogP contribution in [0, 0.1) is 0 Å². The third-order valence-electron chi connectivity index (χ3n) is 5.62. The standard InChI is InChI=1S/C25H24N6O2/c32-24(20-3-1-13-26-20)28-18-9-5-16(6-10-18)22-15-23(31-30-22)17-7-11-19(12-8-17)29-25(33)21-4-2-14-27-21/h1-12,15,20-21,26-27H,13-14H2,(H,28,32)(H,29,33)(H,30,31)/t20-,21-/m0/s1. The first kappa shape index (κ1) is 20.9. The highest BCUT2D eigenvalue weighted by Gasteiger charge is 2.18. The molecule has 2 aromatic carbocycles. The van der Waals surface area contributed by atoms with Gasteiger partial charge in [-0.25, -0.2) is 0 Å². The number of benzene rings is 2. The van der Waals surface area contributed by atoms with Crippen LogP contribution in [-0.4, -0.2) is 47.2 Å².